The summed E-state index contributed by atoms with van der Waals surface area (Å²) in [4.78, 5) is 14.0. The van der Waals surface area contributed by atoms with Crippen LogP contribution >= 0.6 is 0 Å². The number of nitrogens with two attached hydrogens (primary N) is 1. The van der Waals surface area contributed by atoms with Crippen molar-refractivity contribution in [1.82, 2.24) is 15.2 Å². The predicted octanol–water partition coefficient (Wildman–Crippen LogP) is -1.24. The van der Waals surface area contributed by atoms with Crippen molar-refractivity contribution in [1.29, 1.82) is 0 Å². The maximum atomic E-state index is 10.2. The van der Waals surface area contributed by atoms with E-state index in [1.807, 2.05) is 0 Å². The molecule has 0 aromatic carbocycles. The fraction of sp³-hybridized carbons (Fsp3) is 0.400. The van der Waals surface area contributed by atoms with Gasteiger partial charge in [-0.1, -0.05) is 0 Å². The predicted molar refractivity (Wildman–Crippen MR) is 35.7 cm³/mol. The van der Waals surface area contributed by atoms with Crippen molar-refractivity contribution in [3.63, 3.8) is 0 Å². The van der Waals surface area contributed by atoms with E-state index >= 15 is 0 Å². The minimum atomic E-state index is -1.04. The van der Waals surface area contributed by atoms with Gasteiger partial charge >= 0.3 is 5.97 Å². The molecule has 1 aromatic rings. The summed E-state index contributed by atoms with van der Waals surface area (Å²) in [6.45, 7) is 0. The van der Waals surface area contributed by atoms with E-state index in [2.05, 4.69) is 15.2 Å². The monoisotopic (exact) mass is 161 g/mol. The van der Waals surface area contributed by atoms with Crippen LogP contribution in [0.15, 0.2) is 6.33 Å². The standard InChI is InChI=1S/C5H8N4O2/c6-3(5(10)11)1-4-7-2-8-9-4/h2-3H,1,6H2,(H,10,11)(H,7,8,9)/i2+1,4+1,7+1,8+1,9+1. The van der Waals surface area contributed by atoms with Gasteiger partial charge in [0.25, 0.3) is 0 Å². The lowest BCUT2D eigenvalue weighted by atomic mass is 10.3. The fourth-order valence-electron chi connectivity index (χ4n) is 0.625. The molecule has 1 heterocycles. The Morgan fingerprint density at radius 3 is 3.09 bits per heavy atom. The highest BCUT2D eigenvalue weighted by Gasteiger charge is 2.12. The van der Waals surface area contributed by atoms with E-state index in [1.54, 1.807) is 0 Å². The highest BCUT2D eigenvalue weighted by atomic mass is 16.4. The molecule has 11 heavy (non-hydrogen) atoms. The summed E-state index contributed by atoms with van der Waals surface area (Å²) in [5, 5.41) is 14.5. The topological polar surface area (TPSA) is 105 Å². The van der Waals surface area contributed by atoms with Gasteiger partial charge in [0.1, 0.15) is 18.2 Å². The molecular formula is C5H8N4O2. The molecule has 0 aliphatic carbocycles. The van der Waals surface area contributed by atoms with Crippen LogP contribution in [0.25, 0.3) is 0 Å². The molecule has 0 bridgehead atoms. The fourth-order valence-corrected chi connectivity index (χ4v) is 0.625. The van der Waals surface area contributed by atoms with Crippen LogP contribution in [0.3, 0.4) is 0 Å². The lowest BCUT2D eigenvalue weighted by molar-refractivity contribution is -0.138. The van der Waals surface area contributed by atoms with Gasteiger partial charge in [-0.3, -0.25) is 9.89 Å². The zero-order valence-corrected chi connectivity index (χ0v) is 5.69. The number of hydrogen-bond donors (Lipinski definition) is 3. The number of carbonyl (C=O) groups is 1. The number of hydrogen-bond acceptors (Lipinski definition) is 4. The van der Waals surface area contributed by atoms with Crippen molar-refractivity contribution in [3.8, 4) is 0 Å². The van der Waals surface area contributed by atoms with Gasteiger partial charge < -0.3 is 10.8 Å². The van der Waals surface area contributed by atoms with Crippen LogP contribution in [0.1, 0.15) is 5.82 Å². The lowest BCUT2D eigenvalue weighted by Gasteiger charge is -2.01. The van der Waals surface area contributed by atoms with Crippen molar-refractivity contribution in [2.45, 2.75) is 12.5 Å². The molecule has 0 fully saturated rings. The van der Waals surface area contributed by atoms with Crippen LogP contribution < -0.4 is 5.73 Å². The van der Waals surface area contributed by atoms with Crippen molar-refractivity contribution < 1.29 is 9.90 Å². The van der Waals surface area contributed by atoms with Gasteiger partial charge in [-0.25, -0.2) is 4.98 Å². The molecule has 6 nitrogen and oxygen atoms in total. The normalized spacial score (nSPS) is 12.8. The van der Waals surface area contributed by atoms with E-state index < -0.39 is 12.0 Å². The number of carboxylic acids is 1. The molecule has 60 valence electrons. The average Bonchev–Trinajstić information content (AvgIpc) is 2.39. The van der Waals surface area contributed by atoms with Crippen molar-refractivity contribution in [2.24, 2.45) is 5.73 Å². The van der Waals surface area contributed by atoms with Gasteiger partial charge in [-0.05, 0) is 0 Å². The van der Waals surface area contributed by atoms with E-state index in [9.17, 15) is 4.79 Å². The van der Waals surface area contributed by atoms with Crippen molar-refractivity contribution >= 4 is 5.97 Å². The van der Waals surface area contributed by atoms with Gasteiger partial charge in [-0.2, -0.15) is 5.10 Å². The van der Waals surface area contributed by atoms with Crippen molar-refractivity contribution in [2.75, 3.05) is 0 Å². The second-order valence-electron chi connectivity index (χ2n) is 2.08. The zero-order valence-electron chi connectivity index (χ0n) is 5.69. The van der Waals surface area contributed by atoms with E-state index in [0.29, 0.717) is 5.82 Å². The van der Waals surface area contributed by atoms with E-state index in [1.165, 1.54) is 6.33 Å². The summed E-state index contributed by atoms with van der Waals surface area (Å²) < 4.78 is 0. The first kappa shape index (κ1) is 7.67. The quantitative estimate of drug-likeness (QED) is 0.514. The third-order valence-electron chi connectivity index (χ3n) is 1.20. The summed E-state index contributed by atoms with van der Waals surface area (Å²) in [7, 11) is 0. The van der Waals surface area contributed by atoms with E-state index in [0.717, 1.165) is 0 Å². The number of aromatic amines is 1. The molecule has 1 atom stereocenters. The van der Waals surface area contributed by atoms with Crippen LogP contribution in [-0.2, 0) is 11.2 Å². The first-order chi connectivity index (χ1) is 5.20. The Bertz CT molecular complexity index is 233. The van der Waals surface area contributed by atoms with Gasteiger partial charge in [0.15, 0.2) is 0 Å². The first-order valence-corrected chi connectivity index (χ1v) is 3.03. The SMILES string of the molecule is NC(C[13c]1[15n][13cH][15n][15nH]1)C(=O)O. The Balaban J connectivity index is 2.50. The summed E-state index contributed by atoms with van der Waals surface area (Å²) in [5.74, 6) is -0.554. The Hall–Kier alpha value is -1.43. The van der Waals surface area contributed by atoms with E-state index in [-0.39, 0.29) is 6.42 Å². The zero-order chi connectivity index (χ0) is 8.27. The molecule has 6 heteroatoms. The Labute approximate surface area is 62.4 Å². The number of nitrogens with zero attached hydrogens (tertiary/aromatic N) is 2. The minimum Gasteiger partial charge on any atom is -0.480 e. The number of aromatic nitrogens is 3. The second-order valence-corrected chi connectivity index (χ2v) is 2.08. The van der Waals surface area contributed by atoms with Gasteiger partial charge in [0.2, 0.25) is 0 Å². The molecule has 1 unspecified atom stereocenters. The maximum Gasteiger partial charge on any atom is 0.320 e. The summed E-state index contributed by atoms with van der Waals surface area (Å²) >= 11 is 0. The van der Waals surface area contributed by atoms with Crippen LogP contribution in [0.4, 0.5) is 0 Å². The van der Waals surface area contributed by atoms with Gasteiger partial charge in [-0.15, -0.1) is 0 Å². The average molecular weight is 161 g/mol. The smallest absolute Gasteiger partial charge is 0.320 e. The minimum absolute atomic E-state index is 0.176. The molecule has 4 N–H and O–H groups in total. The summed E-state index contributed by atoms with van der Waals surface area (Å²) in [6.07, 6.45) is 1.49. The van der Waals surface area contributed by atoms with Crippen LogP contribution in [0, 0.1) is 0 Å². The number of aliphatic carboxylic acids is 1. The van der Waals surface area contributed by atoms with Crippen molar-refractivity contribution in [3.05, 3.63) is 12.2 Å². The van der Waals surface area contributed by atoms with Gasteiger partial charge in [0.05, 0.1) is 0 Å². The first-order valence-electron chi connectivity index (χ1n) is 3.03. The molecule has 1 aromatic heterocycles. The molecule has 0 aliphatic heterocycles. The highest BCUT2D eigenvalue weighted by molar-refractivity contribution is 5.73. The lowest BCUT2D eigenvalue weighted by Crippen LogP contribution is -2.32. The Morgan fingerprint density at radius 1 is 1.91 bits per heavy atom. The van der Waals surface area contributed by atoms with E-state index in [4.69, 9.17) is 10.8 Å². The molecule has 0 saturated carbocycles. The van der Waals surface area contributed by atoms with Crippen LogP contribution in [-0.4, -0.2) is 32.3 Å². The largest absolute Gasteiger partial charge is 0.480 e. The number of nitrogens with one attached hydrogen (secondary N) is 1. The summed E-state index contributed by atoms with van der Waals surface area (Å²) in [6, 6.07) is -0.914. The van der Waals surface area contributed by atoms with Crippen LogP contribution in [0.2, 0.25) is 0 Å². The molecule has 1 rings (SSSR count). The van der Waals surface area contributed by atoms with Crippen LogP contribution in [0.5, 0.6) is 0 Å². The molecule has 0 radical (unpaired) electrons. The Morgan fingerprint density at radius 2 is 2.64 bits per heavy atom. The molecule has 0 amide bonds. The summed E-state index contributed by atoms with van der Waals surface area (Å²) in [5.41, 5.74) is 5.22. The molecular weight excluding hydrogens is 153 g/mol. The highest BCUT2D eigenvalue weighted by Crippen LogP contribution is 1.91. The molecule has 0 saturated heterocycles. The number of carboxylic acid groups (broad SMARTS) is 1. The number of H-pyrrole nitrogens is 1. The molecule has 0 spiro atoms. The van der Waals surface area contributed by atoms with Gasteiger partial charge in [0, 0.05) is 6.42 Å². The Kier molecular flexibility index (Phi) is 2.17. The number of rotatable bonds is 3. The third-order valence-corrected chi connectivity index (χ3v) is 1.20. The maximum absolute atomic E-state index is 10.2. The third kappa shape index (κ3) is 2.01. The molecule has 0 aliphatic rings. The second kappa shape index (κ2) is 3.11.